The van der Waals surface area contributed by atoms with Crippen LogP contribution >= 0.6 is 23.8 Å². The molecule has 2 rings (SSSR count). The number of hydrogen-bond acceptors (Lipinski definition) is 4. The van der Waals surface area contributed by atoms with Gasteiger partial charge in [0.1, 0.15) is 4.99 Å². The first-order valence-electron chi connectivity index (χ1n) is 5.92. The van der Waals surface area contributed by atoms with Crippen LogP contribution in [0.2, 0.25) is 5.02 Å². The average molecular weight is 308 g/mol. The molecule has 4 nitrogen and oxygen atoms in total. The van der Waals surface area contributed by atoms with Gasteiger partial charge in [-0.25, -0.2) is 4.98 Å². The Balaban J connectivity index is 2.12. The van der Waals surface area contributed by atoms with Gasteiger partial charge in [0.2, 0.25) is 5.88 Å². The summed E-state index contributed by atoms with van der Waals surface area (Å²) in [6.45, 7) is 0.605. The Morgan fingerprint density at radius 2 is 2.20 bits per heavy atom. The smallest absolute Gasteiger partial charge is 0.212 e. The Kier molecular flexibility index (Phi) is 4.76. The zero-order valence-corrected chi connectivity index (χ0v) is 12.5. The van der Waals surface area contributed by atoms with Crippen LogP contribution in [0.15, 0.2) is 36.5 Å². The standard InChI is InChI=1S/C14H14ClN3OS/c1-19-13-5-2-9(8-18-13)7-17-12-4-3-10(15)6-11(12)14(16)20/h2-6,8,17H,7H2,1H3,(H2,16,20). The highest BCUT2D eigenvalue weighted by atomic mass is 35.5. The summed E-state index contributed by atoms with van der Waals surface area (Å²) in [4.78, 5) is 4.46. The van der Waals surface area contributed by atoms with Crippen molar-refractivity contribution in [2.75, 3.05) is 12.4 Å². The van der Waals surface area contributed by atoms with E-state index in [0.29, 0.717) is 22.4 Å². The number of nitrogens with two attached hydrogens (primary N) is 1. The van der Waals surface area contributed by atoms with Crippen molar-refractivity contribution in [2.45, 2.75) is 6.54 Å². The molecule has 0 spiro atoms. The summed E-state index contributed by atoms with van der Waals surface area (Å²) in [6, 6.07) is 9.15. The van der Waals surface area contributed by atoms with E-state index in [4.69, 9.17) is 34.3 Å². The van der Waals surface area contributed by atoms with Gasteiger partial charge in [0.05, 0.1) is 7.11 Å². The molecule has 0 aliphatic rings. The number of rotatable bonds is 5. The lowest BCUT2D eigenvalue weighted by atomic mass is 10.1. The fraction of sp³-hybridized carbons (Fsp3) is 0.143. The molecular weight excluding hydrogens is 294 g/mol. The van der Waals surface area contributed by atoms with Gasteiger partial charge in [-0.2, -0.15) is 0 Å². The second kappa shape index (κ2) is 6.54. The Hall–Kier alpha value is -1.85. The summed E-state index contributed by atoms with van der Waals surface area (Å²) in [5.74, 6) is 0.587. The molecule has 0 aliphatic heterocycles. The Morgan fingerprint density at radius 3 is 2.80 bits per heavy atom. The van der Waals surface area contributed by atoms with Gasteiger partial charge >= 0.3 is 0 Å². The molecule has 0 bridgehead atoms. The molecule has 1 aromatic heterocycles. The van der Waals surface area contributed by atoms with E-state index >= 15 is 0 Å². The summed E-state index contributed by atoms with van der Waals surface area (Å²) in [6.07, 6.45) is 1.75. The van der Waals surface area contributed by atoms with E-state index in [1.54, 1.807) is 25.4 Å². The number of anilines is 1. The van der Waals surface area contributed by atoms with Crippen LogP contribution in [0.25, 0.3) is 0 Å². The third-order valence-corrected chi connectivity index (χ3v) is 3.19. The SMILES string of the molecule is COc1ccc(CNc2ccc(Cl)cc2C(N)=S)cn1. The van der Waals surface area contributed by atoms with Gasteiger partial charge in [0, 0.05) is 35.1 Å². The minimum absolute atomic E-state index is 0.308. The number of hydrogen-bond donors (Lipinski definition) is 2. The average Bonchev–Trinajstić information content (AvgIpc) is 2.46. The van der Waals surface area contributed by atoms with Crippen molar-refractivity contribution >= 4 is 34.5 Å². The molecule has 0 aliphatic carbocycles. The first-order chi connectivity index (χ1) is 9.60. The third-order valence-electron chi connectivity index (χ3n) is 2.74. The lowest BCUT2D eigenvalue weighted by Crippen LogP contribution is -2.13. The fourth-order valence-corrected chi connectivity index (χ4v) is 2.05. The summed E-state index contributed by atoms with van der Waals surface area (Å²) in [7, 11) is 1.59. The number of nitrogens with one attached hydrogen (secondary N) is 1. The zero-order valence-electron chi connectivity index (χ0n) is 10.9. The molecule has 2 aromatic rings. The second-order valence-corrected chi connectivity index (χ2v) is 4.99. The maximum Gasteiger partial charge on any atom is 0.212 e. The summed E-state index contributed by atoms with van der Waals surface area (Å²) in [5, 5.41) is 3.87. The summed E-state index contributed by atoms with van der Waals surface area (Å²) >= 11 is 11.0. The monoisotopic (exact) mass is 307 g/mol. The van der Waals surface area contributed by atoms with Gasteiger partial charge in [-0.15, -0.1) is 0 Å². The Bertz CT molecular complexity index is 616. The second-order valence-electron chi connectivity index (χ2n) is 4.12. The van der Waals surface area contributed by atoms with Gasteiger partial charge < -0.3 is 15.8 Å². The first-order valence-corrected chi connectivity index (χ1v) is 6.71. The number of ether oxygens (including phenoxy) is 1. The molecular formula is C14H14ClN3OS. The van der Waals surface area contributed by atoms with Crippen LogP contribution in [0.5, 0.6) is 5.88 Å². The molecule has 0 radical (unpaired) electrons. The highest BCUT2D eigenvalue weighted by Crippen LogP contribution is 2.21. The Morgan fingerprint density at radius 1 is 1.40 bits per heavy atom. The van der Waals surface area contributed by atoms with E-state index < -0.39 is 0 Å². The minimum atomic E-state index is 0.308. The van der Waals surface area contributed by atoms with E-state index in [1.165, 1.54) is 0 Å². The van der Waals surface area contributed by atoms with E-state index in [1.807, 2.05) is 18.2 Å². The highest BCUT2D eigenvalue weighted by Gasteiger charge is 2.06. The van der Waals surface area contributed by atoms with Gasteiger partial charge in [-0.3, -0.25) is 0 Å². The molecule has 0 saturated carbocycles. The van der Waals surface area contributed by atoms with Crippen LogP contribution in [0, 0.1) is 0 Å². The van der Waals surface area contributed by atoms with E-state index in [2.05, 4.69) is 10.3 Å². The lowest BCUT2D eigenvalue weighted by Gasteiger charge is -2.11. The van der Waals surface area contributed by atoms with Crippen molar-refractivity contribution in [1.29, 1.82) is 0 Å². The van der Waals surface area contributed by atoms with Gasteiger partial charge in [-0.05, 0) is 23.8 Å². The van der Waals surface area contributed by atoms with Crippen LogP contribution in [-0.4, -0.2) is 17.1 Å². The number of benzene rings is 1. The first kappa shape index (κ1) is 14.6. The quantitative estimate of drug-likeness (QED) is 0.832. The number of halogens is 1. The fourth-order valence-electron chi connectivity index (χ4n) is 1.71. The highest BCUT2D eigenvalue weighted by molar-refractivity contribution is 7.80. The van der Waals surface area contributed by atoms with E-state index in [9.17, 15) is 0 Å². The molecule has 3 N–H and O–H groups in total. The van der Waals surface area contributed by atoms with Crippen LogP contribution in [0.4, 0.5) is 5.69 Å². The van der Waals surface area contributed by atoms with Crippen molar-refractivity contribution in [3.63, 3.8) is 0 Å². The topological polar surface area (TPSA) is 60.2 Å². The van der Waals surface area contributed by atoms with E-state index in [-0.39, 0.29) is 0 Å². The number of methoxy groups -OCH3 is 1. The van der Waals surface area contributed by atoms with Gasteiger partial charge in [-0.1, -0.05) is 29.9 Å². The van der Waals surface area contributed by atoms with Crippen LogP contribution < -0.4 is 15.8 Å². The zero-order chi connectivity index (χ0) is 14.5. The van der Waals surface area contributed by atoms with Gasteiger partial charge in [0.15, 0.2) is 0 Å². The largest absolute Gasteiger partial charge is 0.481 e. The van der Waals surface area contributed by atoms with Crippen molar-refractivity contribution in [2.24, 2.45) is 5.73 Å². The molecule has 0 amide bonds. The number of thiocarbonyl (C=S) groups is 1. The van der Waals surface area contributed by atoms with Crippen LogP contribution in [0.1, 0.15) is 11.1 Å². The molecule has 20 heavy (non-hydrogen) atoms. The summed E-state index contributed by atoms with van der Waals surface area (Å²) < 4.78 is 5.02. The normalized spacial score (nSPS) is 10.1. The number of aromatic nitrogens is 1. The molecule has 6 heteroatoms. The minimum Gasteiger partial charge on any atom is -0.481 e. The predicted molar refractivity (Wildman–Crippen MR) is 85.5 cm³/mol. The molecule has 0 saturated heterocycles. The van der Waals surface area contributed by atoms with Crippen molar-refractivity contribution in [3.05, 3.63) is 52.7 Å². The van der Waals surface area contributed by atoms with E-state index in [0.717, 1.165) is 16.8 Å². The molecule has 0 atom stereocenters. The van der Waals surface area contributed by atoms with Gasteiger partial charge in [0.25, 0.3) is 0 Å². The van der Waals surface area contributed by atoms with Crippen LogP contribution in [-0.2, 0) is 6.54 Å². The number of pyridine rings is 1. The van der Waals surface area contributed by atoms with Crippen LogP contribution in [0.3, 0.4) is 0 Å². The molecule has 1 aromatic carbocycles. The predicted octanol–water partition coefficient (Wildman–Crippen LogP) is 2.99. The maximum atomic E-state index is 5.94. The third kappa shape index (κ3) is 3.59. The molecule has 0 unspecified atom stereocenters. The lowest BCUT2D eigenvalue weighted by molar-refractivity contribution is 0.397. The molecule has 1 heterocycles. The van der Waals surface area contributed by atoms with Crippen molar-refractivity contribution in [1.82, 2.24) is 4.98 Å². The maximum absolute atomic E-state index is 5.94. The molecule has 0 fully saturated rings. The number of nitrogens with zero attached hydrogens (tertiary/aromatic N) is 1. The van der Waals surface area contributed by atoms with Crippen molar-refractivity contribution < 1.29 is 4.74 Å². The Labute approximate surface area is 127 Å². The van der Waals surface area contributed by atoms with Crippen molar-refractivity contribution in [3.8, 4) is 5.88 Å². The summed E-state index contributed by atoms with van der Waals surface area (Å²) in [5.41, 5.74) is 8.29. The molecule has 104 valence electrons.